The number of halogens is 1. The molecule has 116 valence electrons. The third kappa shape index (κ3) is 3.79. The van der Waals surface area contributed by atoms with Crippen molar-refractivity contribution in [1.82, 2.24) is 10.2 Å². The molecular formula is C15H21BrN2O2S. The van der Waals surface area contributed by atoms with Gasteiger partial charge in [0.2, 0.25) is 0 Å². The summed E-state index contributed by atoms with van der Waals surface area (Å²) in [6, 6.07) is 2.41. The van der Waals surface area contributed by atoms with Gasteiger partial charge < -0.3 is 15.0 Å². The fourth-order valence-corrected chi connectivity index (χ4v) is 4.31. The van der Waals surface area contributed by atoms with Crippen LogP contribution < -0.4 is 10.1 Å². The number of methoxy groups -OCH3 is 1. The first-order valence-electron chi connectivity index (χ1n) is 7.53. The van der Waals surface area contributed by atoms with Gasteiger partial charge in [0.05, 0.1) is 12.0 Å². The van der Waals surface area contributed by atoms with E-state index in [0.717, 1.165) is 52.8 Å². The zero-order valence-electron chi connectivity index (χ0n) is 12.2. The SMILES string of the molecule is COc1cc(C(=O)N2CCC(NCC3CC3)CC2)sc1Br. The molecule has 0 radical (unpaired) electrons. The number of nitrogens with one attached hydrogen (secondary N) is 1. The van der Waals surface area contributed by atoms with Gasteiger partial charge in [0.25, 0.3) is 5.91 Å². The number of likely N-dealkylation sites (tertiary alicyclic amines) is 1. The summed E-state index contributed by atoms with van der Waals surface area (Å²) in [5, 5.41) is 3.64. The Balaban J connectivity index is 1.51. The zero-order valence-corrected chi connectivity index (χ0v) is 14.6. The number of ether oxygens (including phenoxy) is 1. The Kier molecular flexibility index (Phi) is 4.86. The Morgan fingerprint density at radius 1 is 1.43 bits per heavy atom. The van der Waals surface area contributed by atoms with E-state index in [1.165, 1.54) is 24.2 Å². The number of nitrogens with zero attached hydrogens (tertiary/aromatic N) is 1. The summed E-state index contributed by atoms with van der Waals surface area (Å²) in [5.74, 6) is 1.79. The molecule has 2 aliphatic rings. The molecule has 21 heavy (non-hydrogen) atoms. The Bertz CT molecular complexity index is 508. The summed E-state index contributed by atoms with van der Waals surface area (Å²) in [6.45, 7) is 2.85. The lowest BCUT2D eigenvalue weighted by Crippen LogP contribution is -2.45. The lowest BCUT2D eigenvalue weighted by atomic mass is 10.0. The van der Waals surface area contributed by atoms with Gasteiger partial charge in [-0.15, -0.1) is 11.3 Å². The van der Waals surface area contributed by atoms with Crippen molar-refractivity contribution in [2.24, 2.45) is 5.92 Å². The van der Waals surface area contributed by atoms with Crippen LogP contribution in [0.25, 0.3) is 0 Å². The topological polar surface area (TPSA) is 41.6 Å². The first kappa shape index (κ1) is 15.3. The summed E-state index contributed by atoms with van der Waals surface area (Å²) >= 11 is 4.88. The molecule has 1 aromatic heterocycles. The number of carbonyl (C=O) groups excluding carboxylic acids is 1. The largest absolute Gasteiger partial charge is 0.495 e. The van der Waals surface area contributed by atoms with E-state index in [2.05, 4.69) is 21.2 Å². The second-order valence-corrected chi connectivity index (χ2v) is 8.24. The molecule has 1 aliphatic heterocycles. The highest BCUT2D eigenvalue weighted by atomic mass is 79.9. The van der Waals surface area contributed by atoms with Crippen molar-refractivity contribution in [1.29, 1.82) is 0 Å². The molecule has 1 amide bonds. The number of thiophene rings is 1. The van der Waals surface area contributed by atoms with Gasteiger partial charge in [0, 0.05) is 25.2 Å². The molecule has 1 aromatic rings. The number of carbonyl (C=O) groups is 1. The number of amides is 1. The van der Waals surface area contributed by atoms with Crippen molar-refractivity contribution in [3.8, 4) is 5.75 Å². The van der Waals surface area contributed by atoms with E-state index >= 15 is 0 Å². The van der Waals surface area contributed by atoms with E-state index in [1.54, 1.807) is 7.11 Å². The van der Waals surface area contributed by atoms with Crippen molar-refractivity contribution in [3.05, 3.63) is 14.7 Å². The molecule has 0 aromatic carbocycles. The van der Waals surface area contributed by atoms with Crippen LogP contribution in [0.5, 0.6) is 5.75 Å². The molecule has 3 rings (SSSR count). The molecule has 1 aliphatic carbocycles. The summed E-state index contributed by atoms with van der Waals surface area (Å²) in [7, 11) is 1.62. The van der Waals surface area contributed by atoms with Crippen molar-refractivity contribution in [2.45, 2.75) is 31.7 Å². The third-order valence-corrected chi connectivity index (χ3v) is 6.03. The van der Waals surface area contributed by atoms with Crippen LogP contribution in [0, 0.1) is 5.92 Å². The first-order valence-corrected chi connectivity index (χ1v) is 9.14. The van der Waals surface area contributed by atoms with Crippen LogP contribution in [0.4, 0.5) is 0 Å². The maximum Gasteiger partial charge on any atom is 0.264 e. The van der Waals surface area contributed by atoms with Gasteiger partial charge >= 0.3 is 0 Å². The minimum atomic E-state index is 0.129. The molecule has 0 bridgehead atoms. The molecule has 1 saturated heterocycles. The Labute approximate surface area is 138 Å². The summed E-state index contributed by atoms with van der Waals surface area (Å²) in [5.41, 5.74) is 0. The lowest BCUT2D eigenvalue weighted by Gasteiger charge is -2.32. The second-order valence-electron chi connectivity index (χ2n) is 5.87. The van der Waals surface area contributed by atoms with E-state index < -0.39 is 0 Å². The molecule has 0 spiro atoms. The van der Waals surface area contributed by atoms with Crippen molar-refractivity contribution in [2.75, 3.05) is 26.7 Å². The minimum Gasteiger partial charge on any atom is -0.495 e. The van der Waals surface area contributed by atoms with Gasteiger partial charge in [-0.05, 0) is 54.1 Å². The summed E-state index contributed by atoms with van der Waals surface area (Å²) in [6.07, 6.45) is 4.89. The van der Waals surface area contributed by atoms with Crippen LogP contribution in [-0.4, -0.2) is 43.6 Å². The first-order chi connectivity index (χ1) is 10.2. The average Bonchev–Trinajstić information content (AvgIpc) is 3.26. The van der Waals surface area contributed by atoms with Gasteiger partial charge in [0.1, 0.15) is 9.54 Å². The quantitative estimate of drug-likeness (QED) is 0.862. The maximum atomic E-state index is 12.5. The van der Waals surface area contributed by atoms with Crippen molar-refractivity contribution in [3.63, 3.8) is 0 Å². The van der Waals surface area contributed by atoms with Crippen molar-refractivity contribution < 1.29 is 9.53 Å². The smallest absolute Gasteiger partial charge is 0.264 e. The molecule has 2 fully saturated rings. The minimum absolute atomic E-state index is 0.129. The van der Waals surface area contributed by atoms with Gasteiger partial charge in [0.15, 0.2) is 0 Å². The molecule has 1 saturated carbocycles. The predicted molar refractivity (Wildman–Crippen MR) is 88.2 cm³/mol. The van der Waals surface area contributed by atoms with E-state index in [1.807, 2.05) is 11.0 Å². The highest BCUT2D eigenvalue weighted by Gasteiger charge is 2.27. The zero-order chi connectivity index (χ0) is 14.8. The van der Waals surface area contributed by atoms with Gasteiger partial charge in [-0.2, -0.15) is 0 Å². The average molecular weight is 373 g/mol. The van der Waals surface area contributed by atoms with E-state index in [0.29, 0.717) is 6.04 Å². The highest BCUT2D eigenvalue weighted by molar-refractivity contribution is 9.11. The number of rotatable bonds is 5. The van der Waals surface area contributed by atoms with Gasteiger partial charge in [-0.1, -0.05) is 0 Å². The maximum absolute atomic E-state index is 12.5. The molecule has 4 nitrogen and oxygen atoms in total. The number of piperidine rings is 1. The summed E-state index contributed by atoms with van der Waals surface area (Å²) in [4.78, 5) is 15.2. The van der Waals surface area contributed by atoms with Gasteiger partial charge in [-0.3, -0.25) is 4.79 Å². The molecular weight excluding hydrogens is 352 g/mol. The third-order valence-electron chi connectivity index (χ3n) is 4.26. The number of hydrogen-bond acceptors (Lipinski definition) is 4. The fourth-order valence-electron chi connectivity index (χ4n) is 2.69. The standard InChI is InChI=1S/C15H21BrN2O2S/c1-20-12-8-13(21-14(12)16)15(19)18-6-4-11(5-7-18)17-9-10-2-3-10/h8,10-11,17H,2-7,9H2,1H3. The van der Waals surface area contributed by atoms with Crippen LogP contribution in [0.3, 0.4) is 0 Å². The van der Waals surface area contributed by atoms with Crippen LogP contribution >= 0.6 is 27.3 Å². The lowest BCUT2D eigenvalue weighted by molar-refractivity contribution is 0.0709. The number of hydrogen-bond donors (Lipinski definition) is 1. The van der Waals surface area contributed by atoms with E-state index in [4.69, 9.17) is 4.74 Å². The molecule has 0 unspecified atom stereocenters. The Hall–Kier alpha value is -0.590. The second kappa shape index (κ2) is 6.67. The van der Waals surface area contributed by atoms with Crippen LogP contribution in [-0.2, 0) is 0 Å². The monoisotopic (exact) mass is 372 g/mol. The van der Waals surface area contributed by atoms with Crippen LogP contribution in [0.2, 0.25) is 0 Å². The molecule has 0 atom stereocenters. The van der Waals surface area contributed by atoms with Crippen molar-refractivity contribution >= 4 is 33.2 Å². The van der Waals surface area contributed by atoms with Crippen LogP contribution in [0.15, 0.2) is 9.85 Å². The Morgan fingerprint density at radius 2 is 2.14 bits per heavy atom. The van der Waals surface area contributed by atoms with Crippen LogP contribution in [0.1, 0.15) is 35.4 Å². The highest BCUT2D eigenvalue weighted by Crippen LogP contribution is 2.35. The fraction of sp³-hybridized carbons (Fsp3) is 0.667. The normalized spacial score (nSPS) is 19.8. The molecule has 6 heteroatoms. The molecule has 2 heterocycles. The Morgan fingerprint density at radius 3 is 2.71 bits per heavy atom. The summed E-state index contributed by atoms with van der Waals surface area (Å²) < 4.78 is 6.11. The predicted octanol–water partition coefficient (Wildman–Crippen LogP) is 3.12. The van der Waals surface area contributed by atoms with Gasteiger partial charge in [-0.25, -0.2) is 0 Å². The molecule has 1 N–H and O–H groups in total. The van der Waals surface area contributed by atoms with E-state index in [-0.39, 0.29) is 5.91 Å². The van der Waals surface area contributed by atoms with E-state index in [9.17, 15) is 4.79 Å².